The molecule has 1 aromatic rings. The van der Waals surface area contributed by atoms with E-state index in [1.54, 1.807) is 39.8 Å². The highest BCUT2D eigenvalue weighted by molar-refractivity contribution is 9.10. The average Bonchev–Trinajstić information content (AvgIpc) is 2.20. The molecule has 1 rings (SSSR count). The van der Waals surface area contributed by atoms with Gasteiger partial charge in [-0.1, -0.05) is 28.1 Å². The van der Waals surface area contributed by atoms with Gasteiger partial charge in [0.2, 0.25) is 5.91 Å². The van der Waals surface area contributed by atoms with Crippen molar-refractivity contribution in [1.29, 1.82) is 0 Å². The molecule has 17 heavy (non-hydrogen) atoms. The number of alkyl halides is 1. The molecule has 0 unspecified atom stereocenters. The summed E-state index contributed by atoms with van der Waals surface area (Å²) < 4.78 is 12.8. The largest absolute Gasteiger partial charge is 0.351 e. The molecule has 0 bridgehead atoms. The molecule has 0 aliphatic carbocycles. The van der Waals surface area contributed by atoms with Gasteiger partial charge in [-0.2, -0.15) is 0 Å². The molecule has 0 aliphatic heterocycles. The van der Waals surface area contributed by atoms with Crippen LogP contribution in [0.2, 0.25) is 0 Å². The van der Waals surface area contributed by atoms with E-state index in [-0.39, 0.29) is 11.7 Å². The first-order chi connectivity index (χ1) is 7.71. The second-order valence-corrected chi connectivity index (χ2v) is 6.68. The van der Waals surface area contributed by atoms with Crippen LogP contribution in [0.25, 0.3) is 0 Å². The maximum Gasteiger partial charge on any atom is 0.236 e. The zero-order chi connectivity index (χ0) is 13.2. The molecule has 94 valence electrons. The third-order valence-electron chi connectivity index (χ3n) is 2.49. The van der Waals surface area contributed by atoms with Gasteiger partial charge in [-0.3, -0.25) is 4.79 Å². The highest BCUT2D eigenvalue weighted by Crippen LogP contribution is 2.17. The molecule has 0 saturated carbocycles. The summed E-state index contributed by atoms with van der Waals surface area (Å²) in [6, 6.07) is 3.51. The van der Waals surface area contributed by atoms with E-state index in [0.717, 1.165) is 5.56 Å². The topological polar surface area (TPSA) is 29.1 Å². The minimum atomic E-state index is -0.586. The van der Waals surface area contributed by atoms with E-state index in [1.165, 1.54) is 0 Å². The van der Waals surface area contributed by atoms with Crippen LogP contribution < -0.4 is 5.32 Å². The van der Waals surface area contributed by atoms with E-state index >= 15 is 0 Å². The van der Waals surface area contributed by atoms with Crippen molar-refractivity contribution in [2.75, 3.05) is 0 Å². The summed E-state index contributed by atoms with van der Waals surface area (Å²) in [5.74, 6) is -0.266. The van der Waals surface area contributed by atoms with Crippen LogP contribution in [0.5, 0.6) is 0 Å². The summed E-state index contributed by atoms with van der Waals surface area (Å²) in [7, 11) is 0. The molecule has 0 spiro atoms. The van der Waals surface area contributed by atoms with Crippen LogP contribution in [0.1, 0.15) is 30.5 Å². The van der Waals surface area contributed by atoms with Crippen molar-refractivity contribution < 1.29 is 9.18 Å². The number of rotatable bonds is 3. The van der Waals surface area contributed by atoms with E-state index in [1.807, 2.05) is 0 Å². The number of benzene rings is 1. The molecule has 0 aliphatic rings. The first-order valence-electron chi connectivity index (χ1n) is 5.44. The second kappa shape index (κ2) is 5.17. The lowest BCUT2D eigenvalue weighted by Crippen LogP contribution is -2.37. The first-order valence-corrected chi connectivity index (χ1v) is 6.24. The number of nitrogens with one attached hydrogen (secondary N) is 1. The molecule has 1 aromatic carbocycles. The van der Waals surface area contributed by atoms with Crippen LogP contribution in [-0.2, 0) is 11.3 Å². The van der Waals surface area contributed by atoms with Gasteiger partial charge >= 0.3 is 0 Å². The normalized spacial score (nSPS) is 11.4. The molecule has 1 amide bonds. The zero-order valence-electron chi connectivity index (χ0n) is 10.5. The standard InChI is InChI=1S/C13H17BrFNO/c1-8-5-10(6-9(2)11(8)15)7-16-12(17)13(3,4)14/h5-6H,7H2,1-4H3,(H,16,17). The summed E-state index contributed by atoms with van der Waals surface area (Å²) in [5.41, 5.74) is 2.12. The van der Waals surface area contributed by atoms with Gasteiger partial charge in [0.05, 0.1) is 4.32 Å². The SMILES string of the molecule is Cc1cc(CNC(=O)C(C)(C)Br)cc(C)c1F. The monoisotopic (exact) mass is 301 g/mol. The molecule has 0 heterocycles. The molecule has 0 radical (unpaired) electrons. The number of aryl methyl sites for hydroxylation is 2. The summed E-state index contributed by atoms with van der Waals surface area (Å²) in [6.07, 6.45) is 0. The molecular weight excluding hydrogens is 285 g/mol. The lowest BCUT2D eigenvalue weighted by atomic mass is 10.1. The van der Waals surface area contributed by atoms with E-state index in [4.69, 9.17) is 0 Å². The highest BCUT2D eigenvalue weighted by atomic mass is 79.9. The molecule has 4 heteroatoms. The molecule has 0 saturated heterocycles. The van der Waals surface area contributed by atoms with Crippen LogP contribution in [0.3, 0.4) is 0 Å². The molecule has 1 N–H and O–H groups in total. The van der Waals surface area contributed by atoms with Gasteiger partial charge < -0.3 is 5.32 Å². The number of carbonyl (C=O) groups excluding carboxylic acids is 1. The third-order valence-corrected chi connectivity index (χ3v) is 2.85. The van der Waals surface area contributed by atoms with Crippen LogP contribution in [0.15, 0.2) is 12.1 Å². The van der Waals surface area contributed by atoms with E-state index < -0.39 is 4.32 Å². The Kier molecular flexibility index (Phi) is 4.31. The molecule has 0 fully saturated rings. The maximum absolute atomic E-state index is 13.4. The lowest BCUT2D eigenvalue weighted by Gasteiger charge is -2.16. The Morgan fingerprint density at radius 1 is 1.35 bits per heavy atom. The van der Waals surface area contributed by atoms with Gasteiger partial charge in [0.25, 0.3) is 0 Å². The van der Waals surface area contributed by atoms with E-state index in [9.17, 15) is 9.18 Å². The van der Waals surface area contributed by atoms with Crippen molar-refractivity contribution in [3.63, 3.8) is 0 Å². The predicted octanol–water partition coefficient (Wildman–Crippen LogP) is 3.23. The van der Waals surface area contributed by atoms with Gasteiger partial charge in [0.15, 0.2) is 0 Å². The van der Waals surface area contributed by atoms with Crippen molar-refractivity contribution >= 4 is 21.8 Å². The maximum atomic E-state index is 13.4. The quantitative estimate of drug-likeness (QED) is 0.853. The molecular formula is C13H17BrFNO. The van der Waals surface area contributed by atoms with E-state index in [0.29, 0.717) is 17.7 Å². The van der Waals surface area contributed by atoms with Crippen molar-refractivity contribution in [3.8, 4) is 0 Å². The highest BCUT2D eigenvalue weighted by Gasteiger charge is 2.22. The van der Waals surface area contributed by atoms with Crippen molar-refractivity contribution in [2.24, 2.45) is 0 Å². The smallest absolute Gasteiger partial charge is 0.236 e. The van der Waals surface area contributed by atoms with Crippen LogP contribution in [0, 0.1) is 19.7 Å². The molecule has 2 nitrogen and oxygen atoms in total. The Labute approximate surface area is 110 Å². The number of hydrogen-bond acceptors (Lipinski definition) is 1. The second-order valence-electron chi connectivity index (χ2n) is 4.70. The molecule has 0 atom stereocenters. The Morgan fingerprint density at radius 3 is 2.24 bits per heavy atom. The summed E-state index contributed by atoms with van der Waals surface area (Å²) in [6.45, 7) is 7.42. The minimum absolute atomic E-state index is 0.0860. The minimum Gasteiger partial charge on any atom is -0.351 e. The average molecular weight is 302 g/mol. The van der Waals surface area contributed by atoms with Gasteiger partial charge in [-0.05, 0) is 44.4 Å². The van der Waals surface area contributed by atoms with Crippen LogP contribution in [-0.4, -0.2) is 10.2 Å². The Bertz CT molecular complexity index is 415. The number of carbonyl (C=O) groups is 1. The fourth-order valence-corrected chi connectivity index (χ4v) is 1.67. The Hall–Kier alpha value is -0.900. The van der Waals surface area contributed by atoms with Gasteiger partial charge in [0.1, 0.15) is 5.82 Å². The van der Waals surface area contributed by atoms with Crippen molar-refractivity contribution in [3.05, 3.63) is 34.6 Å². The fourth-order valence-electron chi connectivity index (χ4n) is 1.53. The van der Waals surface area contributed by atoms with Gasteiger partial charge in [0, 0.05) is 6.54 Å². The zero-order valence-corrected chi connectivity index (χ0v) is 12.1. The van der Waals surface area contributed by atoms with Crippen molar-refractivity contribution in [1.82, 2.24) is 5.32 Å². The van der Waals surface area contributed by atoms with Gasteiger partial charge in [-0.25, -0.2) is 4.39 Å². The van der Waals surface area contributed by atoms with E-state index in [2.05, 4.69) is 21.2 Å². The first kappa shape index (κ1) is 14.2. The molecule has 0 aromatic heterocycles. The van der Waals surface area contributed by atoms with Crippen LogP contribution in [0.4, 0.5) is 4.39 Å². The third kappa shape index (κ3) is 3.80. The number of hydrogen-bond donors (Lipinski definition) is 1. The number of amides is 1. The summed E-state index contributed by atoms with van der Waals surface area (Å²) in [4.78, 5) is 11.6. The Morgan fingerprint density at radius 2 is 1.82 bits per heavy atom. The fraction of sp³-hybridized carbons (Fsp3) is 0.462. The van der Waals surface area contributed by atoms with Crippen LogP contribution >= 0.6 is 15.9 Å². The predicted molar refractivity (Wildman–Crippen MR) is 70.7 cm³/mol. The summed E-state index contributed by atoms with van der Waals surface area (Å²) >= 11 is 3.29. The Balaban J connectivity index is 2.74. The van der Waals surface area contributed by atoms with Crippen molar-refractivity contribution in [2.45, 2.75) is 38.6 Å². The summed E-state index contributed by atoms with van der Waals surface area (Å²) in [5, 5.41) is 2.80. The van der Waals surface area contributed by atoms with Gasteiger partial charge in [-0.15, -0.1) is 0 Å². The lowest BCUT2D eigenvalue weighted by molar-refractivity contribution is -0.122. The number of halogens is 2.